The van der Waals surface area contributed by atoms with E-state index in [1.807, 2.05) is 29.0 Å². The molecule has 5 N–H and O–H groups in total. The maximum Gasteiger partial charge on any atom is 0.323 e. The number of H-pyrrole nitrogens is 1. The molecule has 4 rings (SSSR count). The summed E-state index contributed by atoms with van der Waals surface area (Å²) in [5.74, 6) is -1.45. The standard InChI is InChI=1S/C24H26Cl2N6O6S/c25-15-7-5-8-16(26)21(15)39(36,37)32-20(23(34)35)13-28-22(33)19-12-14(38-31-19)6-3-4-11-27-24-29-17-9-1-2-10-18(17)30-24/h1-2,5,7-10,14,20,32H,3-4,6,11-13H2,(H,28,33)(H,34,35)(H2,27,29,30). The summed E-state index contributed by atoms with van der Waals surface area (Å²) in [6.45, 7) is 0.166. The van der Waals surface area contributed by atoms with Crippen LogP contribution >= 0.6 is 23.2 Å². The van der Waals surface area contributed by atoms with Gasteiger partial charge in [0.15, 0.2) is 0 Å². The number of imidazole rings is 1. The second-order valence-corrected chi connectivity index (χ2v) is 11.2. The summed E-state index contributed by atoms with van der Waals surface area (Å²) in [5.41, 5.74) is 1.94. The number of hydrogen-bond donors (Lipinski definition) is 5. The molecule has 0 aliphatic carbocycles. The minimum Gasteiger partial charge on any atom is -0.480 e. The maximum absolute atomic E-state index is 12.7. The van der Waals surface area contributed by atoms with E-state index in [1.165, 1.54) is 18.2 Å². The predicted molar refractivity (Wildman–Crippen MR) is 147 cm³/mol. The molecular weight excluding hydrogens is 571 g/mol. The zero-order valence-corrected chi connectivity index (χ0v) is 22.8. The number of carboxylic acids is 1. The number of oxime groups is 1. The van der Waals surface area contributed by atoms with Gasteiger partial charge in [0, 0.05) is 19.5 Å². The lowest BCUT2D eigenvalue weighted by Gasteiger charge is -2.16. The van der Waals surface area contributed by atoms with E-state index >= 15 is 0 Å². The number of aliphatic carboxylic acids is 1. The van der Waals surface area contributed by atoms with Crippen LogP contribution in [0.1, 0.15) is 25.7 Å². The zero-order chi connectivity index (χ0) is 28.0. The van der Waals surface area contributed by atoms with Gasteiger partial charge in [-0.3, -0.25) is 9.59 Å². The molecule has 0 spiro atoms. The first-order valence-electron chi connectivity index (χ1n) is 12.0. The summed E-state index contributed by atoms with van der Waals surface area (Å²) < 4.78 is 27.4. The number of rotatable bonds is 13. The third-order valence-corrected chi connectivity index (χ3v) is 8.31. The molecule has 2 unspecified atom stereocenters. The lowest BCUT2D eigenvalue weighted by molar-refractivity contribution is -0.138. The first-order chi connectivity index (χ1) is 18.6. The number of nitrogens with zero attached hydrogens (tertiary/aromatic N) is 2. The number of carboxylic acid groups (broad SMARTS) is 1. The Morgan fingerprint density at radius 2 is 1.87 bits per heavy atom. The van der Waals surface area contributed by atoms with E-state index < -0.39 is 39.4 Å². The topological polar surface area (TPSA) is 175 Å². The number of halogens is 2. The van der Waals surface area contributed by atoms with Crippen LogP contribution in [-0.2, 0) is 24.4 Å². The molecule has 0 bridgehead atoms. The van der Waals surface area contributed by atoms with Crippen molar-refractivity contribution in [2.24, 2.45) is 5.16 Å². The zero-order valence-electron chi connectivity index (χ0n) is 20.5. The number of nitrogens with one attached hydrogen (secondary N) is 4. The Bertz CT molecular complexity index is 1440. The molecule has 1 aromatic heterocycles. The van der Waals surface area contributed by atoms with Gasteiger partial charge in [-0.25, -0.2) is 13.4 Å². The first kappa shape index (κ1) is 28.6. The van der Waals surface area contributed by atoms with E-state index in [0.29, 0.717) is 18.9 Å². The van der Waals surface area contributed by atoms with Gasteiger partial charge in [0.1, 0.15) is 22.8 Å². The molecular formula is C24H26Cl2N6O6S. The highest BCUT2D eigenvalue weighted by Gasteiger charge is 2.31. The molecule has 15 heteroatoms. The summed E-state index contributed by atoms with van der Waals surface area (Å²) in [6.07, 6.45) is 2.29. The van der Waals surface area contributed by atoms with Gasteiger partial charge in [-0.2, -0.15) is 4.72 Å². The lowest BCUT2D eigenvalue weighted by Crippen LogP contribution is -2.49. The second kappa shape index (κ2) is 12.6. The molecule has 0 saturated carbocycles. The highest BCUT2D eigenvalue weighted by atomic mass is 35.5. The Hall–Kier alpha value is -3.39. The van der Waals surface area contributed by atoms with Crippen molar-refractivity contribution in [2.75, 3.05) is 18.4 Å². The highest BCUT2D eigenvalue weighted by molar-refractivity contribution is 7.89. The highest BCUT2D eigenvalue weighted by Crippen LogP contribution is 2.29. The van der Waals surface area contributed by atoms with E-state index in [-0.39, 0.29) is 28.3 Å². The van der Waals surface area contributed by atoms with Crippen molar-refractivity contribution in [1.82, 2.24) is 20.0 Å². The average Bonchev–Trinajstić information content (AvgIpc) is 3.52. The molecule has 208 valence electrons. The maximum atomic E-state index is 12.7. The number of benzene rings is 2. The van der Waals surface area contributed by atoms with Gasteiger partial charge in [0.25, 0.3) is 5.91 Å². The monoisotopic (exact) mass is 596 g/mol. The molecule has 0 radical (unpaired) electrons. The van der Waals surface area contributed by atoms with Crippen molar-refractivity contribution in [3.8, 4) is 0 Å². The summed E-state index contributed by atoms with van der Waals surface area (Å²) >= 11 is 11.9. The van der Waals surface area contributed by atoms with Gasteiger partial charge in [-0.1, -0.05) is 46.6 Å². The van der Waals surface area contributed by atoms with Gasteiger partial charge in [0.2, 0.25) is 16.0 Å². The quantitative estimate of drug-likeness (QED) is 0.187. The number of fused-ring (bicyclic) bond motifs is 1. The summed E-state index contributed by atoms with van der Waals surface area (Å²) in [6, 6.07) is 10.1. The molecule has 2 aromatic carbocycles. The number of sulfonamides is 1. The normalized spacial score (nSPS) is 15.9. The Morgan fingerprint density at radius 1 is 1.13 bits per heavy atom. The smallest absolute Gasteiger partial charge is 0.323 e. The predicted octanol–water partition coefficient (Wildman–Crippen LogP) is 3.14. The van der Waals surface area contributed by atoms with Crippen LogP contribution < -0.4 is 15.4 Å². The number of amides is 1. The summed E-state index contributed by atoms with van der Waals surface area (Å²) in [4.78, 5) is 36.7. The van der Waals surface area contributed by atoms with Crippen LogP contribution in [0.4, 0.5) is 5.95 Å². The van der Waals surface area contributed by atoms with E-state index in [4.69, 9.17) is 28.0 Å². The third kappa shape index (κ3) is 7.38. The largest absolute Gasteiger partial charge is 0.480 e. The number of carbonyl (C=O) groups is 2. The van der Waals surface area contributed by atoms with Crippen LogP contribution in [0.5, 0.6) is 0 Å². The fraction of sp³-hybridized carbons (Fsp3) is 0.333. The third-order valence-electron chi connectivity index (χ3n) is 5.88. The van der Waals surface area contributed by atoms with Crippen LogP contribution in [0.15, 0.2) is 52.5 Å². The van der Waals surface area contributed by atoms with Gasteiger partial charge < -0.3 is 25.6 Å². The van der Waals surface area contributed by atoms with E-state index in [2.05, 4.69) is 25.8 Å². The molecule has 39 heavy (non-hydrogen) atoms. The van der Waals surface area contributed by atoms with E-state index in [0.717, 1.165) is 23.9 Å². The van der Waals surface area contributed by atoms with Crippen molar-refractivity contribution in [3.63, 3.8) is 0 Å². The van der Waals surface area contributed by atoms with Gasteiger partial charge in [-0.05, 0) is 43.5 Å². The average molecular weight is 597 g/mol. The molecule has 3 aromatic rings. The van der Waals surface area contributed by atoms with E-state index in [9.17, 15) is 23.1 Å². The molecule has 0 fully saturated rings. The van der Waals surface area contributed by atoms with Crippen molar-refractivity contribution >= 4 is 67.8 Å². The molecule has 0 saturated heterocycles. The van der Waals surface area contributed by atoms with Gasteiger partial charge in [0.05, 0.1) is 21.1 Å². The fourth-order valence-electron chi connectivity index (χ4n) is 3.92. The Kier molecular flexibility index (Phi) is 9.28. The number of aromatic nitrogens is 2. The van der Waals surface area contributed by atoms with Crippen molar-refractivity contribution in [1.29, 1.82) is 0 Å². The number of hydrogen-bond acceptors (Lipinski definition) is 8. The fourth-order valence-corrected chi connectivity index (χ4v) is 6.25. The number of para-hydroxylation sites is 2. The van der Waals surface area contributed by atoms with E-state index in [1.54, 1.807) is 0 Å². The number of carbonyl (C=O) groups excluding carboxylic acids is 1. The van der Waals surface area contributed by atoms with Gasteiger partial charge >= 0.3 is 5.97 Å². The summed E-state index contributed by atoms with van der Waals surface area (Å²) in [7, 11) is -4.39. The minimum absolute atomic E-state index is 0.0987. The van der Waals surface area contributed by atoms with Crippen LogP contribution in [0.3, 0.4) is 0 Å². The van der Waals surface area contributed by atoms with Crippen molar-refractivity contribution in [3.05, 3.63) is 52.5 Å². The molecule has 12 nitrogen and oxygen atoms in total. The Labute approximate surface area is 234 Å². The van der Waals surface area contributed by atoms with Crippen LogP contribution in [-0.4, -0.2) is 66.3 Å². The number of unbranched alkanes of at least 4 members (excludes halogenated alkanes) is 1. The number of anilines is 1. The molecule has 1 aliphatic heterocycles. The lowest BCUT2D eigenvalue weighted by atomic mass is 10.1. The van der Waals surface area contributed by atoms with Crippen LogP contribution in [0.25, 0.3) is 11.0 Å². The molecule has 2 heterocycles. The summed E-state index contributed by atoms with van der Waals surface area (Å²) in [5, 5.41) is 18.6. The van der Waals surface area contributed by atoms with Crippen LogP contribution in [0, 0.1) is 0 Å². The van der Waals surface area contributed by atoms with Crippen LogP contribution in [0.2, 0.25) is 10.0 Å². The second-order valence-electron chi connectivity index (χ2n) is 8.77. The minimum atomic E-state index is -4.39. The number of aromatic amines is 1. The SMILES string of the molecule is O=C(NCC(NS(=O)(=O)c1c(Cl)cccc1Cl)C(=O)O)C1=NOC(CCCCNc2nc3ccccc3[nH]2)C1. The Balaban J connectivity index is 1.19. The Morgan fingerprint density at radius 3 is 2.59 bits per heavy atom. The first-order valence-corrected chi connectivity index (χ1v) is 14.3. The molecule has 1 amide bonds. The van der Waals surface area contributed by atoms with Gasteiger partial charge in [-0.15, -0.1) is 0 Å². The van der Waals surface area contributed by atoms with Crippen molar-refractivity contribution < 1.29 is 28.0 Å². The molecule has 1 aliphatic rings. The van der Waals surface area contributed by atoms with Crippen molar-refractivity contribution in [2.45, 2.75) is 42.7 Å². The molecule has 2 atom stereocenters.